The van der Waals surface area contributed by atoms with Crippen LogP contribution in [0.25, 0.3) is 0 Å². The number of hydrogen-bond acceptors (Lipinski definition) is 5. The molecule has 0 bridgehead atoms. The Labute approximate surface area is 163 Å². The van der Waals surface area contributed by atoms with Gasteiger partial charge in [0, 0.05) is 42.8 Å². The lowest BCUT2D eigenvalue weighted by Gasteiger charge is -2.32. The highest BCUT2D eigenvalue weighted by atomic mass is 35.5. The number of amides is 1. The number of nitrogens with one attached hydrogen (secondary N) is 1. The summed E-state index contributed by atoms with van der Waals surface area (Å²) >= 11 is 12.0. The van der Waals surface area contributed by atoms with Crippen molar-refractivity contribution in [3.05, 3.63) is 51.6 Å². The lowest BCUT2D eigenvalue weighted by Crippen LogP contribution is -2.44. The molecule has 1 fully saturated rings. The van der Waals surface area contributed by atoms with Crippen molar-refractivity contribution < 1.29 is 4.79 Å². The summed E-state index contributed by atoms with van der Waals surface area (Å²) in [7, 11) is 2.10. The Hall–Kier alpha value is -1.89. The molecule has 1 aliphatic heterocycles. The van der Waals surface area contributed by atoms with Crippen LogP contribution in [-0.4, -0.2) is 60.8 Å². The average molecular weight is 394 g/mol. The van der Waals surface area contributed by atoms with Crippen molar-refractivity contribution >= 4 is 34.9 Å². The van der Waals surface area contributed by atoms with Crippen molar-refractivity contribution in [3.8, 4) is 0 Å². The SMILES string of the molecule is CN1CCN(c2ccc(C(=O)NCCc3ccc(Cl)cc3Cl)nn2)CC1. The van der Waals surface area contributed by atoms with Crippen LogP contribution in [0, 0.1) is 0 Å². The van der Waals surface area contributed by atoms with Gasteiger partial charge in [-0.1, -0.05) is 29.3 Å². The van der Waals surface area contributed by atoms with E-state index in [1.54, 1.807) is 18.2 Å². The van der Waals surface area contributed by atoms with Crippen molar-refractivity contribution in [2.24, 2.45) is 0 Å². The first-order valence-electron chi connectivity index (χ1n) is 8.52. The smallest absolute Gasteiger partial charge is 0.271 e. The summed E-state index contributed by atoms with van der Waals surface area (Å²) in [6, 6.07) is 8.91. The molecule has 0 unspecified atom stereocenters. The van der Waals surface area contributed by atoms with Gasteiger partial charge in [0.25, 0.3) is 5.91 Å². The number of likely N-dealkylation sites (N-methyl/N-ethyl adjacent to an activating group) is 1. The third-order valence-electron chi connectivity index (χ3n) is 4.41. The second-order valence-corrected chi connectivity index (χ2v) is 7.15. The van der Waals surface area contributed by atoms with E-state index in [4.69, 9.17) is 23.2 Å². The van der Waals surface area contributed by atoms with Crippen LogP contribution in [0.5, 0.6) is 0 Å². The van der Waals surface area contributed by atoms with Gasteiger partial charge < -0.3 is 15.1 Å². The largest absolute Gasteiger partial charge is 0.353 e. The number of benzene rings is 1. The molecule has 0 saturated carbocycles. The molecular formula is C18H21Cl2N5O. The molecule has 0 aliphatic carbocycles. The maximum Gasteiger partial charge on any atom is 0.271 e. The number of halogens is 2. The monoisotopic (exact) mass is 393 g/mol. The lowest BCUT2D eigenvalue weighted by molar-refractivity contribution is 0.0948. The molecule has 0 spiro atoms. The summed E-state index contributed by atoms with van der Waals surface area (Å²) in [5.74, 6) is 0.565. The summed E-state index contributed by atoms with van der Waals surface area (Å²) in [6.45, 7) is 4.29. The van der Waals surface area contributed by atoms with Crippen LogP contribution in [-0.2, 0) is 6.42 Å². The van der Waals surface area contributed by atoms with Gasteiger partial charge in [0.2, 0.25) is 0 Å². The predicted molar refractivity (Wildman–Crippen MR) is 104 cm³/mol. The molecule has 1 saturated heterocycles. The van der Waals surface area contributed by atoms with E-state index in [-0.39, 0.29) is 5.91 Å². The summed E-state index contributed by atoms with van der Waals surface area (Å²) in [4.78, 5) is 16.7. The first-order chi connectivity index (χ1) is 12.5. The van der Waals surface area contributed by atoms with Crippen LogP contribution in [0.1, 0.15) is 16.1 Å². The van der Waals surface area contributed by atoms with Gasteiger partial charge in [-0.2, -0.15) is 0 Å². The molecule has 1 amide bonds. The van der Waals surface area contributed by atoms with Crippen molar-refractivity contribution in [3.63, 3.8) is 0 Å². The molecule has 6 nitrogen and oxygen atoms in total. The van der Waals surface area contributed by atoms with Crippen molar-refractivity contribution in [1.29, 1.82) is 0 Å². The number of carbonyl (C=O) groups is 1. The molecule has 8 heteroatoms. The predicted octanol–water partition coefficient (Wildman–Crippen LogP) is 2.51. The molecule has 1 aliphatic rings. The summed E-state index contributed by atoms with van der Waals surface area (Å²) < 4.78 is 0. The molecular weight excluding hydrogens is 373 g/mol. The number of rotatable bonds is 5. The fraction of sp³-hybridized carbons (Fsp3) is 0.389. The summed E-state index contributed by atoms with van der Waals surface area (Å²) in [5.41, 5.74) is 1.25. The van der Waals surface area contributed by atoms with Crippen LogP contribution in [0.15, 0.2) is 30.3 Å². The molecule has 0 radical (unpaired) electrons. The lowest BCUT2D eigenvalue weighted by atomic mass is 10.1. The standard InChI is InChI=1S/C18H21Cl2N5O/c1-24-8-10-25(11-9-24)17-5-4-16(22-23-17)18(26)21-7-6-13-2-3-14(19)12-15(13)20/h2-5,12H,6-11H2,1H3,(H,21,26). The van der Waals surface area contributed by atoms with E-state index < -0.39 is 0 Å². The third kappa shape index (κ3) is 4.84. The molecule has 2 aromatic rings. The number of aromatic nitrogens is 2. The van der Waals surface area contributed by atoms with E-state index in [1.807, 2.05) is 12.1 Å². The minimum absolute atomic E-state index is 0.243. The third-order valence-corrected chi connectivity index (χ3v) is 4.99. The number of hydrogen-bond donors (Lipinski definition) is 1. The van der Waals surface area contributed by atoms with Gasteiger partial charge in [0.05, 0.1) is 0 Å². The topological polar surface area (TPSA) is 61.4 Å². The Morgan fingerprint density at radius 3 is 2.54 bits per heavy atom. The van der Waals surface area contributed by atoms with Crippen LogP contribution in [0.4, 0.5) is 5.82 Å². The van der Waals surface area contributed by atoms with Crippen LogP contribution in [0.3, 0.4) is 0 Å². The summed E-state index contributed by atoms with van der Waals surface area (Å²) in [5, 5.41) is 12.3. The van der Waals surface area contributed by atoms with Gasteiger partial charge in [-0.05, 0) is 43.3 Å². The van der Waals surface area contributed by atoms with E-state index in [0.717, 1.165) is 37.6 Å². The zero-order valence-corrected chi connectivity index (χ0v) is 16.1. The highest BCUT2D eigenvalue weighted by molar-refractivity contribution is 6.35. The van der Waals surface area contributed by atoms with Gasteiger partial charge in [-0.25, -0.2) is 0 Å². The van der Waals surface area contributed by atoms with Gasteiger partial charge in [-0.15, -0.1) is 10.2 Å². The minimum Gasteiger partial charge on any atom is -0.353 e. The number of carbonyl (C=O) groups excluding carboxylic acids is 1. The quantitative estimate of drug-likeness (QED) is 0.845. The highest BCUT2D eigenvalue weighted by Crippen LogP contribution is 2.21. The second kappa shape index (κ2) is 8.66. The maximum absolute atomic E-state index is 12.2. The first-order valence-corrected chi connectivity index (χ1v) is 9.28. The maximum atomic E-state index is 12.2. The Kier molecular flexibility index (Phi) is 6.29. The van der Waals surface area contributed by atoms with Crippen molar-refractivity contribution in [1.82, 2.24) is 20.4 Å². The van der Waals surface area contributed by atoms with Gasteiger partial charge in [-0.3, -0.25) is 4.79 Å². The van der Waals surface area contributed by atoms with Crippen LogP contribution in [0.2, 0.25) is 10.0 Å². The van der Waals surface area contributed by atoms with Gasteiger partial charge >= 0.3 is 0 Å². The average Bonchev–Trinajstić information content (AvgIpc) is 2.64. The minimum atomic E-state index is -0.243. The molecule has 3 rings (SSSR count). The number of nitrogens with zero attached hydrogens (tertiary/aromatic N) is 4. The molecule has 138 valence electrons. The Morgan fingerprint density at radius 2 is 1.88 bits per heavy atom. The Bertz CT molecular complexity index is 761. The molecule has 26 heavy (non-hydrogen) atoms. The zero-order valence-electron chi connectivity index (χ0n) is 14.6. The highest BCUT2D eigenvalue weighted by Gasteiger charge is 2.16. The first kappa shape index (κ1) is 18.9. The van der Waals surface area contributed by atoms with Crippen LogP contribution >= 0.6 is 23.2 Å². The molecule has 1 aromatic carbocycles. The van der Waals surface area contributed by atoms with Gasteiger partial charge in [0.1, 0.15) is 0 Å². The second-order valence-electron chi connectivity index (χ2n) is 6.31. The summed E-state index contributed by atoms with van der Waals surface area (Å²) in [6.07, 6.45) is 0.620. The fourth-order valence-corrected chi connectivity index (χ4v) is 3.28. The van der Waals surface area contributed by atoms with E-state index in [0.29, 0.717) is 28.7 Å². The Balaban J connectivity index is 1.51. The van der Waals surface area contributed by atoms with Crippen molar-refractivity contribution in [2.75, 3.05) is 44.7 Å². The number of anilines is 1. The molecule has 2 heterocycles. The molecule has 1 aromatic heterocycles. The Morgan fingerprint density at radius 1 is 1.12 bits per heavy atom. The van der Waals surface area contributed by atoms with E-state index in [2.05, 4.69) is 32.4 Å². The van der Waals surface area contributed by atoms with E-state index in [1.165, 1.54) is 0 Å². The number of piperazine rings is 1. The zero-order chi connectivity index (χ0) is 18.5. The molecule has 0 atom stereocenters. The van der Waals surface area contributed by atoms with E-state index >= 15 is 0 Å². The van der Waals surface area contributed by atoms with E-state index in [9.17, 15) is 4.79 Å². The van der Waals surface area contributed by atoms with Crippen LogP contribution < -0.4 is 10.2 Å². The van der Waals surface area contributed by atoms with Gasteiger partial charge in [0.15, 0.2) is 11.5 Å². The normalized spacial score (nSPS) is 15.1. The fourth-order valence-electron chi connectivity index (χ4n) is 2.78. The molecule has 1 N–H and O–H groups in total. The van der Waals surface area contributed by atoms with Crippen molar-refractivity contribution in [2.45, 2.75) is 6.42 Å².